The molecule has 0 saturated carbocycles. The van der Waals surface area contributed by atoms with E-state index in [1.807, 2.05) is 6.08 Å². The number of carbonyl (C=O) groups excluding carboxylic acids is 2. The van der Waals surface area contributed by atoms with E-state index >= 15 is 0 Å². The number of nitrogens with one attached hydrogen (secondary N) is 1. The standard InChI is InChI=1S/C74H141NO5/c1-3-5-7-9-11-13-15-17-19-20-21-32-35-39-42-46-50-54-58-62-66-72(77)71(70-76)75-73(78)67-63-59-55-51-47-43-40-36-33-30-28-26-24-22-23-25-27-29-31-34-37-41-45-49-53-57-61-65-69-80-74(79)68-64-60-56-52-48-44-38-18-16-14-12-10-8-6-4-2/h18,22-23,38,62,66,71-72,76-77H,3-17,19-21,24-37,39-61,63-65,67-70H2,1-2H3,(H,75,78)/b23-22-,38-18-,66-62+. The van der Waals surface area contributed by atoms with Crippen LogP contribution in [0.1, 0.15) is 399 Å². The maximum Gasteiger partial charge on any atom is 0.305 e. The molecule has 0 fully saturated rings. The number of hydrogen-bond donors (Lipinski definition) is 3. The molecule has 6 heteroatoms. The molecule has 2 atom stereocenters. The first-order valence-corrected chi connectivity index (χ1v) is 36.3. The Morgan fingerprint density at radius 2 is 0.588 bits per heavy atom. The van der Waals surface area contributed by atoms with Gasteiger partial charge >= 0.3 is 5.97 Å². The molecule has 2 unspecified atom stereocenters. The van der Waals surface area contributed by atoms with Crippen molar-refractivity contribution in [3.8, 4) is 0 Å². The lowest BCUT2D eigenvalue weighted by Gasteiger charge is -2.20. The summed E-state index contributed by atoms with van der Waals surface area (Å²) < 4.78 is 5.49. The first-order valence-electron chi connectivity index (χ1n) is 36.3. The molecule has 0 radical (unpaired) electrons. The molecule has 0 heterocycles. The van der Waals surface area contributed by atoms with E-state index in [2.05, 4.69) is 43.5 Å². The number of aliphatic hydroxyl groups excluding tert-OH is 2. The maximum absolute atomic E-state index is 12.5. The van der Waals surface area contributed by atoms with E-state index in [1.54, 1.807) is 6.08 Å². The summed E-state index contributed by atoms with van der Waals surface area (Å²) in [6.07, 6.45) is 89.4. The second kappa shape index (κ2) is 69.6. The van der Waals surface area contributed by atoms with Crippen molar-refractivity contribution in [2.45, 2.75) is 411 Å². The number of aliphatic hydroxyl groups is 2. The van der Waals surface area contributed by atoms with E-state index in [0.29, 0.717) is 19.4 Å². The first kappa shape index (κ1) is 78.1. The number of carbonyl (C=O) groups is 2. The van der Waals surface area contributed by atoms with E-state index in [1.165, 1.54) is 327 Å². The van der Waals surface area contributed by atoms with Crippen molar-refractivity contribution in [2.75, 3.05) is 13.2 Å². The van der Waals surface area contributed by atoms with Crippen LogP contribution in [-0.4, -0.2) is 47.4 Å². The second-order valence-electron chi connectivity index (χ2n) is 24.9. The fourth-order valence-corrected chi connectivity index (χ4v) is 11.3. The third-order valence-electron chi connectivity index (χ3n) is 16.9. The Balaban J connectivity index is 3.40. The highest BCUT2D eigenvalue weighted by atomic mass is 16.5. The van der Waals surface area contributed by atoms with Crippen molar-refractivity contribution in [1.29, 1.82) is 0 Å². The average molecular weight is 1120 g/mol. The summed E-state index contributed by atoms with van der Waals surface area (Å²) in [5.41, 5.74) is 0. The van der Waals surface area contributed by atoms with Crippen LogP contribution in [0.15, 0.2) is 36.5 Å². The van der Waals surface area contributed by atoms with Gasteiger partial charge in [0.2, 0.25) is 5.91 Å². The Bertz CT molecular complexity index is 1300. The minimum absolute atomic E-state index is 0.00804. The third kappa shape index (κ3) is 65.2. The Hall–Kier alpha value is -1.92. The van der Waals surface area contributed by atoms with Crippen LogP contribution in [0.25, 0.3) is 0 Å². The van der Waals surface area contributed by atoms with E-state index in [0.717, 1.165) is 44.9 Å². The van der Waals surface area contributed by atoms with Gasteiger partial charge in [0.05, 0.1) is 25.4 Å². The van der Waals surface area contributed by atoms with Crippen LogP contribution in [-0.2, 0) is 14.3 Å². The van der Waals surface area contributed by atoms with Gasteiger partial charge in [-0.2, -0.15) is 0 Å². The fraction of sp³-hybridized carbons (Fsp3) is 0.892. The topological polar surface area (TPSA) is 95.9 Å². The number of esters is 1. The Morgan fingerprint density at radius 3 is 0.887 bits per heavy atom. The highest BCUT2D eigenvalue weighted by molar-refractivity contribution is 5.76. The summed E-state index contributed by atoms with van der Waals surface area (Å²) in [6, 6.07) is -0.629. The lowest BCUT2D eigenvalue weighted by molar-refractivity contribution is -0.143. The summed E-state index contributed by atoms with van der Waals surface area (Å²) in [7, 11) is 0. The summed E-state index contributed by atoms with van der Waals surface area (Å²) >= 11 is 0. The van der Waals surface area contributed by atoms with Gasteiger partial charge in [-0.05, 0) is 83.5 Å². The molecule has 0 aromatic carbocycles. The van der Waals surface area contributed by atoms with Crippen LogP contribution in [0, 0.1) is 0 Å². The molecule has 3 N–H and O–H groups in total. The molecule has 472 valence electrons. The van der Waals surface area contributed by atoms with E-state index in [-0.39, 0.29) is 18.5 Å². The van der Waals surface area contributed by atoms with Crippen molar-refractivity contribution >= 4 is 11.9 Å². The minimum atomic E-state index is -0.846. The van der Waals surface area contributed by atoms with Crippen LogP contribution >= 0.6 is 0 Å². The second-order valence-corrected chi connectivity index (χ2v) is 24.9. The predicted molar refractivity (Wildman–Crippen MR) is 352 cm³/mol. The Labute approximate surface area is 500 Å². The lowest BCUT2D eigenvalue weighted by Crippen LogP contribution is -2.45. The molecule has 6 nitrogen and oxygen atoms in total. The number of rotatable bonds is 68. The van der Waals surface area contributed by atoms with Gasteiger partial charge in [0.15, 0.2) is 0 Å². The summed E-state index contributed by atoms with van der Waals surface area (Å²) in [4.78, 5) is 24.6. The molecular formula is C74H141NO5. The maximum atomic E-state index is 12.5. The van der Waals surface area contributed by atoms with Gasteiger partial charge < -0.3 is 20.3 Å². The molecule has 80 heavy (non-hydrogen) atoms. The van der Waals surface area contributed by atoms with Crippen LogP contribution in [0.4, 0.5) is 0 Å². The zero-order valence-electron chi connectivity index (χ0n) is 54.1. The zero-order valence-corrected chi connectivity index (χ0v) is 54.1. The minimum Gasteiger partial charge on any atom is -0.466 e. The van der Waals surface area contributed by atoms with Crippen molar-refractivity contribution in [2.24, 2.45) is 0 Å². The van der Waals surface area contributed by atoms with E-state index in [9.17, 15) is 19.8 Å². The average Bonchev–Trinajstić information content (AvgIpc) is 3.46. The highest BCUT2D eigenvalue weighted by Crippen LogP contribution is 2.18. The van der Waals surface area contributed by atoms with Crippen molar-refractivity contribution in [1.82, 2.24) is 5.32 Å². The molecule has 0 aromatic rings. The van der Waals surface area contributed by atoms with Crippen LogP contribution < -0.4 is 5.32 Å². The van der Waals surface area contributed by atoms with E-state index in [4.69, 9.17) is 4.74 Å². The normalized spacial score (nSPS) is 12.7. The molecule has 0 aromatic heterocycles. The number of allylic oxidation sites excluding steroid dienone is 5. The number of amides is 1. The summed E-state index contributed by atoms with van der Waals surface area (Å²) in [5.74, 6) is -0.0564. The van der Waals surface area contributed by atoms with Gasteiger partial charge in [-0.1, -0.05) is 339 Å². The Morgan fingerprint density at radius 1 is 0.338 bits per heavy atom. The largest absolute Gasteiger partial charge is 0.466 e. The van der Waals surface area contributed by atoms with E-state index < -0.39 is 12.1 Å². The zero-order chi connectivity index (χ0) is 57.8. The predicted octanol–water partition coefficient (Wildman–Crippen LogP) is 23.5. The number of unbranched alkanes of at least 4 members (excludes halogenated alkanes) is 53. The molecule has 0 spiro atoms. The summed E-state index contributed by atoms with van der Waals surface area (Å²) in [5, 5.41) is 23.2. The van der Waals surface area contributed by atoms with Crippen LogP contribution in [0.5, 0.6) is 0 Å². The van der Waals surface area contributed by atoms with Gasteiger partial charge in [-0.15, -0.1) is 0 Å². The molecular weight excluding hydrogens is 983 g/mol. The van der Waals surface area contributed by atoms with Gasteiger partial charge in [-0.3, -0.25) is 9.59 Å². The van der Waals surface area contributed by atoms with Crippen LogP contribution in [0.3, 0.4) is 0 Å². The highest BCUT2D eigenvalue weighted by Gasteiger charge is 2.18. The molecule has 1 amide bonds. The monoisotopic (exact) mass is 1120 g/mol. The van der Waals surface area contributed by atoms with Gasteiger partial charge in [0, 0.05) is 12.8 Å². The van der Waals surface area contributed by atoms with Crippen molar-refractivity contribution < 1.29 is 24.5 Å². The van der Waals surface area contributed by atoms with Crippen molar-refractivity contribution in [3.63, 3.8) is 0 Å². The quantitative estimate of drug-likeness (QED) is 0.0320. The SMILES string of the molecule is CCCCCCCC/C=C\CCCCCCCC(=O)OCCCCCCCCCCCCCC/C=C\CCCCCCCCCCCCCCC(=O)NC(CO)C(O)/C=C/CCCCCCCCCCCCCCCCCCCC. The van der Waals surface area contributed by atoms with Crippen LogP contribution in [0.2, 0.25) is 0 Å². The third-order valence-corrected chi connectivity index (χ3v) is 16.9. The molecule has 0 aliphatic rings. The molecule has 0 saturated heterocycles. The van der Waals surface area contributed by atoms with Gasteiger partial charge in [0.25, 0.3) is 0 Å². The number of ether oxygens (including phenoxy) is 1. The first-order chi connectivity index (χ1) is 39.5. The smallest absolute Gasteiger partial charge is 0.305 e. The Kier molecular flexibility index (Phi) is 67.9. The molecule has 0 aliphatic carbocycles. The number of hydrogen-bond acceptors (Lipinski definition) is 5. The molecule has 0 rings (SSSR count). The lowest BCUT2D eigenvalue weighted by atomic mass is 10.0. The molecule has 0 aliphatic heterocycles. The van der Waals surface area contributed by atoms with Gasteiger partial charge in [-0.25, -0.2) is 0 Å². The van der Waals surface area contributed by atoms with Gasteiger partial charge in [0.1, 0.15) is 0 Å². The van der Waals surface area contributed by atoms with Crippen molar-refractivity contribution in [3.05, 3.63) is 36.5 Å². The molecule has 0 bridgehead atoms. The summed E-state index contributed by atoms with van der Waals surface area (Å²) in [6.45, 7) is 4.93. The fourth-order valence-electron chi connectivity index (χ4n) is 11.3.